The highest BCUT2D eigenvalue weighted by Gasteiger charge is 2.35. The Kier molecular flexibility index (Phi) is 3.15. The van der Waals surface area contributed by atoms with Gasteiger partial charge in [0.15, 0.2) is 0 Å². The van der Waals surface area contributed by atoms with Crippen LogP contribution >= 0.6 is 0 Å². The quantitative estimate of drug-likeness (QED) is 0.658. The lowest BCUT2D eigenvalue weighted by Crippen LogP contribution is -2.43. The second-order valence-electron chi connectivity index (χ2n) is 3.61. The number of aliphatic hydroxyl groups is 1. The van der Waals surface area contributed by atoms with Gasteiger partial charge in [-0.2, -0.15) is 0 Å². The summed E-state index contributed by atoms with van der Waals surface area (Å²) in [5.74, 6) is 0. The summed E-state index contributed by atoms with van der Waals surface area (Å²) >= 11 is 0. The minimum absolute atomic E-state index is 0.115. The number of rotatable bonds is 3. The van der Waals surface area contributed by atoms with Gasteiger partial charge in [-0.1, -0.05) is 25.8 Å². The molecule has 0 saturated heterocycles. The second-order valence-corrected chi connectivity index (χ2v) is 3.61. The van der Waals surface area contributed by atoms with Gasteiger partial charge in [0.1, 0.15) is 11.7 Å². The molecule has 1 fully saturated rings. The minimum Gasteiger partial charge on any atom is -0.496 e. The minimum atomic E-state index is -0.605. The molecule has 0 amide bonds. The van der Waals surface area contributed by atoms with E-state index in [0.717, 1.165) is 25.7 Å². The first-order valence-corrected chi connectivity index (χ1v) is 4.68. The van der Waals surface area contributed by atoms with Gasteiger partial charge in [-0.25, -0.2) is 0 Å². The summed E-state index contributed by atoms with van der Waals surface area (Å²) in [4.78, 5) is 0. The van der Waals surface area contributed by atoms with Crippen LogP contribution in [0.1, 0.15) is 39.0 Å². The van der Waals surface area contributed by atoms with Crippen molar-refractivity contribution in [1.82, 2.24) is 0 Å². The van der Waals surface area contributed by atoms with E-state index in [9.17, 15) is 5.11 Å². The first-order chi connectivity index (χ1) is 5.69. The lowest BCUT2D eigenvalue weighted by atomic mass is 9.81. The van der Waals surface area contributed by atoms with Crippen LogP contribution in [0.3, 0.4) is 0 Å². The maximum absolute atomic E-state index is 10.1. The molecule has 1 atom stereocenters. The molecule has 2 nitrogen and oxygen atoms in total. The lowest BCUT2D eigenvalue weighted by molar-refractivity contribution is -0.0928. The topological polar surface area (TPSA) is 29.5 Å². The zero-order valence-electron chi connectivity index (χ0n) is 7.75. The van der Waals surface area contributed by atoms with E-state index in [-0.39, 0.29) is 6.10 Å². The van der Waals surface area contributed by atoms with Gasteiger partial charge in [0.2, 0.25) is 0 Å². The van der Waals surface area contributed by atoms with E-state index in [4.69, 9.17) is 4.74 Å². The molecule has 0 aliphatic heterocycles. The van der Waals surface area contributed by atoms with Crippen LogP contribution in [0, 0.1) is 0 Å². The van der Waals surface area contributed by atoms with Gasteiger partial charge in [-0.15, -0.1) is 0 Å². The van der Waals surface area contributed by atoms with Crippen LogP contribution in [0.4, 0.5) is 0 Å². The normalized spacial score (nSPS) is 24.5. The van der Waals surface area contributed by atoms with Crippen LogP contribution in [0.15, 0.2) is 12.8 Å². The van der Waals surface area contributed by atoms with Gasteiger partial charge in [-0.3, -0.25) is 0 Å². The van der Waals surface area contributed by atoms with E-state index in [2.05, 4.69) is 6.58 Å². The van der Waals surface area contributed by atoms with Crippen molar-refractivity contribution in [3.05, 3.63) is 12.8 Å². The average Bonchev–Trinajstić information content (AvgIpc) is 2.06. The predicted molar refractivity (Wildman–Crippen MR) is 48.8 cm³/mol. The molecular formula is C10H18O2. The Morgan fingerprint density at radius 3 is 2.50 bits per heavy atom. The second kappa shape index (κ2) is 3.94. The zero-order chi connectivity index (χ0) is 9.03. The fourth-order valence-electron chi connectivity index (χ4n) is 1.84. The average molecular weight is 170 g/mol. The van der Waals surface area contributed by atoms with Crippen LogP contribution in [0.5, 0.6) is 0 Å². The van der Waals surface area contributed by atoms with E-state index < -0.39 is 5.60 Å². The molecule has 1 saturated carbocycles. The fourth-order valence-corrected chi connectivity index (χ4v) is 1.84. The number of hydrogen-bond acceptors (Lipinski definition) is 2. The summed E-state index contributed by atoms with van der Waals surface area (Å²) in [5.41, 5.74) is -0.605. The van der Waals surface area contributed by atoms with Gasteiger partial charge in [0.05, 0.1) is 6.26 Å². The molecule has 0 heterocycles. The monoisotopic (exact) mass is 170 g/mol. The zero-order valence-corrected chi connectivity index (χ0v) is 7.75. The molecule has 0 spiro atoms. The molecule has 1 aliphatic carbocycles. The van der Waals surface area contributed by atoms with Crippen molar-refractivity contribution in [2.75, 3.05) is 0 Å². The molecule has 0 aromatic carbocycles. The van der Waals surface area contributed by atoms with Crippen molar-refractivity contribution in [1.29, 1.82) is 0 Å². The van der Waals surface area contributed by atoms with Gasteiger partial charge in [0, 0.05) is 0 Å². The van der Waals surface area contributed by atoms with Crippen LogP contribution < -0.4 is 0 Å². The Bertz CT molecular complexity index is 148. The Morgan fingerprint density at radius 1 is 1.42 bits per heavy atom. The molecule has 1 unspecified atom stereocenters. The Morgan fingerprint density at radius 2 is 2.00 bits per heavy atom. The van der Waals surface area contributed by atoms with E-state index in [1.807, 2.05) is 6.92 Å². The standard InChI is InChI=1S/C10H18O2/c1-3-12-9(2)10(11)7-5-4-6-8-10/h3,9,11H,1,4-8H2,2H3. The fraction of sp³-hybridized carbons (Fsp3) is 0.800. The first-order valence-electron chi connectivity index (χ1n) is 4.68. The van der Waals surface area contributed by atoms with Crippen molar-refractivity contribution < 1.29 is 9.84 Å². The van der Waals surface area contributed by atoms with Crippen molar-refractivity contribution in [2.45, 2.75) is 50.7 Å². The van der Waals surface area contributed by atoms with Crippen molar-refractivity contribution in [3.63, 3.8) is 0 Å². The highest BCUT2D eigenvalue weighted by atomic mass is 16.5. The van der Waals surface area contributed by atoms with Gasteiger partial charge in [-0.05, 0) is 19.8 Å². The van der Waals surface area contributed by atoms with Crippen LogP contribution in [0.25, 0.3) is 0 Å². The van der Waals surface area contributed by atoms with E-state index >= 15 is 0 Å². The molecule has 1 N–H and O–H groups in total. The van der Waals surface area contributed by atoms with Crippen molar-refractivity contribution in [3.8, 4) is 0 Å². The third kappa shape index (κ3) is 2.01. The Balaban J connectivity index is 2.49. The van der Waals surface area contributed by atoms with Crippen LogP contribution in [0.2, 0.25) is 0 Å². The molecular weight excluding hydrogens is 152 g/mol. The smallest absolute Gasteiger partial charge is 0.124 e. The maximum atomic E-state index is 10.1. The predicted octanol–water partition coefficient (Wildman–Crippen LogP) is 2.23. The third-order valence-electron chi connectivity index (χ3n) is 2.78. The maximum Gasteiger partial charge on any atom is 0.124 e. The largest absolute Gasteiger partial charge is 0.496 e. The molecule has 1 rings (SSSR count). The molecule has 0 aromatic rings. The summed E-state index contributed by atoms with van der Waals surface area (Å²) in [6.07, 6.45) is 6.49. The lowest BCUT2D eigenvalue weighted by Gasteiger charge is -2.36. The van der Waals surface area contributed by atoms with Crippen molar-refractivity contribution >= 4 is 0 Å². The first kappa shape index (κ1) is 9.59. The van der Waals surface area contributed by atoms with Crippen molar-refractivity contribution in [2.24, 2.45) is 0 Å². The highest BCUT2D eigenvalue weighted by Crippen LogP contribution is 2.32. The van der Waals surface area contributed by atoms with Crippen LogP contribution in [-0.4, -0.2) is 16.8 Å². The highest BCUT2D eigenvalue weighted by molar-refractivity contribution is 4.88. The summed E-state index contributed by atoms with van der Waals surface area (Å²) in [5, 5.41) is 10.1. The third-order valence-corrected chi connectivity index (χ3v) is 2.78. The van der Waals surface area contributed by atoms with E-state index in [1.165, 1.54) is 12.7 Å². The summed E-state index contributed by atoms with van der Waals surface area (Å²) < 4.78 is 5.20. The number of hydrogen-bond donors (Lipinski definition) is 1. The van der Waals surface area contributed by atoms with Gasteiger partial charge in [0.25, 0.3) is 0 Å². The van der Waals surface area contributed by atoms with Gasteiger partial charge >= 0.3 is 0 Å². The molecule has 0 radical (unpaired) electrons. The summed E-state index contributed by atoms with van der Waals surface area (Å²) in [7, 11) is 0. The molecule has 2 heteroatoms. The Hall–Kier alpha value is -0.500. The molecule has 0 bridgehead atoms. The molecule has 0 aromatic heterocycles. The molecule has 1 aliphatic rings. The Labute approximate surface area is 74.2 Å². The summed E-state index contributed by atoms with van der Waals surface area (Å²) in [6.45, 7) is 5.40. The molecule has 12 heavy (non-hydrogen) atoms. The SMILES string of the molecule is C=COC(C)C1(O)CCCCC1. The van der Waals surface area contributed by atoms with E-state index in [1.54, 1.807) is 0 Å². The van der Waals surface area contributed by atoms with Gasteiger partial charge < -0.3 is 9.84 Å². The number of ether oxygens (including phenoxy) is 1. The summed E-state index contributed by atoms with van der Waals surface area (Å²) in [6, 6.07) is 0. The van der Waals surface area contributed by atoms with E-state index in [0.29, 0.717) is 0 Å². The molecule has 70 valence electrons. The van der Waals surface area contributed by atoms with Crippen LogP contribution in [-0.2, 0) is 4.74 Å².